The molecule has 0 bridgehead atoms. The Kier molecular flexibility index (Phi) is 7.26. The lowest BCUT2D eigenvalue weighted by atomic mass is 9.97. The van der Waals surface area contributed by atoms with E-state index in [2.05, 4.69) is 60.6 Å². The lowest BCUT2D eigenvalue weighted by Crippen LogP contribution is -2.46. The van der Waals surface area contributed by atoms with Gasteiger partial charge in [-0.3, -0.25) is 9.59 Å². The fourth-order valence-electron chi connectivity index (χ4n) is 3.46. The summed E-state index contributed by atoms with van der Waals surface area (Å²) in [4.78, 5) is 23.4. The molecular weight excluding hydrogens is 498 g/mol. The van der Waals surface area contributed by atoms with Crippen LogP contribution in [0.15, 0.2) is 54.6 Å². The fraction of sp³-hybridized carbons (Fsp3) is 0.250. The van der Waals surface area contributed by atoms with E-state index in [-0.39, 0.29) is 30.3 Å². The van der Waals surface area contributed by atoms with Crippen LogP contribution >= 0.6 is 22.7 Å². The van der Waals surface area contributed by atoms with Crippen LogP contribution in [0, 0.1) is 5.92 Å². The van der Waals surface area contributed by atoms with Crippen LogP contribution in [0.3, 0.4) is 0 Å². The topological polar surface area (TPSA) is 131 Å². The second-order valence-corrected chi connectivity index (χ2v) is 10.2. The number of fused-ring (bicyclic) bond motifs is 1. The van der Waals surface area contributed by atoms with E-state index >= 15 is 0 Å². The van der Waals surface area contributed by atoms with Crippen LogP contribution in [0.2, 0.25) is 0 Å². The molecule has 3 N–H and O–H groups in total. The highest BCUT2D eigenvalue weighted by Gasteiger charge is 2.34. The number of aromatic nitrogens is 4. The Morgan fingerprint density at radius 2 is 1.69 bits per heavy atom. The van der Waals surface area contributed by atoms with E-state index in [4.69, 9.17) is 4.74 Å². The molecule has 1 saturated heterocycles. The van der Waals surface area contributed by atoms with E-state index in [1.165, 1.54) is 29.4 Å². The molecule has 36 heavy (non-hydrogen) atoms. The van der Waals surface area contributed by atoms with Gasteiger partial charge in [-0.2, -0.15) is 0 Å². The molecule has 10 nitrogen and oxygen atoms in total. The molecule has 1 unspecified atom stereocenters. The van der Waals surface area contributed by atoms with Crippen molar-refractivity contribution in [1.82, 2.24) is 25.7 Å². The molecule has 184 valence electrons. The monoisotopic (exact) mass is 521 g/mol. The lowest BCUT2D eigenvalue weighted by Gasteiger charge is -2.32. The summed E-state index contributed by atoms with van der Waals surface area (Å²) >= 11 is 2.42. The lowest BCUT2D eigenvalue weighted by molar-refractivity contribution is -0.116. The first-order chi connectivity index (χ1) is 17.5. The first-order valence-electron chi connectivity index (χ1n) is 11.3. The Morgan fingerprint density at radius 1 is 0.972 bits per heavy atom. The summed E-state index contributed by atoms with van der Waals surface area (Å²) in [6.45, 7) is 2.97. The van der Waals surface area contributed by atoms with Crippen molar-refractivity contribution in [2.24, 2.45) is 5.92 Å². The zero-order valence-corrected chi connectivity index (χ0v) is 20.9. The van der Waals surface area contributed by atoms with E-state index in [9.17, 15) is 9.59 Å². The number of nitrogens with one attached hydrogen (secondary N) is 3. The Hall–Kier alpha value is -3.74. The molecule has 3 heterocycles. The van der Waals surface area contributed by atoms with Crippen molar-refractivity contribution in [3.8, 4) is 16.3 Å². The Labute approximate surface area is 215 Å². The predicted octanol–water partition coefficient (Wildman–Crippen LogP) is 3.54. The van der Waals surface area contributed by atoms with Gasteiger partial charge < -0.3 is 20.7 Å². The van der Waals surface area contributed by atoms with Crippen molar-refractivity contribution in [3.63, 3.8) is 0 Å². The predicted molar refractivity (Wildman–Crippen MR) is 138 cm³/mol. The molecule has 2 amide bonds. The van der Waals surface area contributed by atoms with Crippen molar-refractivity contribution in [1.29, 1.82) is 0 Å². The number of amides is 2. The summed E-state index contributed by atoms with van der Waals surface area (Å²) in [7, 11) is 0. The second-order valence-electron chi connectivity index (χ2n) is 8.25. The van der Waals surface area contributed by atoms with Crippen molar-refractivity contribution >= 4 is 44.8 Å². The highest BCUT2D eigenvalue weighted by atomic mass is 32.1. The summed E-state index contributed by atoms with van der Waals surface area (Å²) in [5, 5.41) is 26.5. The van der Waals surface area contributed by atoms with E-state index in [0.717, 1.165) is 30.0 Å². The van der Waals surface area contributed by atoms with Gasteiger partial charge in [0.1, 0.15) is 0 Å². The largest absolute Gasteiger partial charge is 0.458 e. The van der Waals surface area contributed by atoms with Crippen molar-refractivity contribution in [3.05, 3.63) is 65.2 Å². The first kappa shape index (κ1) is 24.0. The minimum absolute atomic E-state index is 0.173. The Bertz CT molecular complexity index is 1340. The van der Waals surface area contributed by atoms with Crippen molar-refractivity contribution in [2.45, 2.75) is 19.4 Å². The third kappa shape index (κ3) is 6.27. The van der Waals surface area contributed by atoms with Gasteiger partial charge in [0.05, 0.1) is 6.42 Å². The minimum Gasteiger partial charge on any atom is -0.458 e. The molecule has 1 aromatic carbocycles. The van der Waals surface area contributed by atoms with Gasteiger partial charge in [0, 0.05) is 25.9 Å². The SMILES string of the molecule is CC(=O)Nc1nnc(C(Oc2nnc(NC(=O)Cc3ccccc3)s2)C2CNC2)s1.c1cc2cc-2c1. The normalized spacial score (nSPS) is 14.0. The maximum atomic E-state index is 12.2. The number of benzene rings is 2. The molecule has 1 aliphatic heterocycles. The quantitative estimate of drug-likeness (QED) is 0.283. The van der Waals surface area contributed by atoms with Gasteiger partial charge in [-0.25, -0.2) is 0 Å². The zero-order valence-electron chi connectivity index (χ0n) is 19.3. The van der Waals surface area contributed by atoms with Crippen LogP contribution in [0.25, 0.3) is 11.1 Å². The first-order valence-corrected chi connectivity index (χ1v) is 12.9. The van der Waals surface area contributed by atoms with Gasteiger partial charge in [-0.05, 0) is 34.1 Å². The standard InChI is InChI=1S/C18H19N7O3S2.C6H4/c1-10(26)20-16-23-22-15(29-16)14(12-8-19-9-12)28-18-25-24-17(30-18)21-13(27)7-11-5-3-2-4-6-11;1-2-5-4-6(5)3-1/h2-6,12,14,19H,7-9H2,1H3,(H,20,23,26)(H,21,24,27);1-4H. The van der Waals surface area contributed by atoms with Crippen LogP contribution in [0.5, 0.6) is 5.19 Å². The van der Waals surface area contributed by atoms with Gasteiger partial charge in [0.2, 0.25) is 22.1 Å². The Balaban J connectivity index is 0.000000382. The molecule has 1 fully saturated rings. The van der Waals surface area contributed by atoms with Crippen LogP contribution < -0.4 is 20.7 Å². The number of anilines is 2. The van der Waals surface area contributed by atoms with Crippen LogP contribution in [-0.4, -0.2) is 45.3 Å². The molecule has 0 spiro atoms. The smallest absolute Gasteiger partial charge is 0.296 e. The van der Waals surface area contributed by atoms with Gasteiger partial charge in [0.25, 0.3) is 5.19 Å². The number of carbonyl (C=O) groups is 2. The van der Waals surface area contributed by atoms with E-state index < -0.39 is 0 Å². The number of ether oxygens (including phenoxy) is 1. The van der Waals surface area contributed by atoms with Crippen molar-refractivity contribution < 1.29 is 14.3 Å². The molecule has 3 aromatic rings. The van der Waals surface area contributed by atoms with Gasteiger partial charge in [0.15, 0.2) is 11.1 Å². The van der Waals surface area contributed by atoms with Crippen LogP contribution in [-0.2, 0) is 16.0 Å². The molecule has 2 aromatic heterocycles. The maximum absolute atomic E-state index is 12.2. The van der Waals surface area contributed by atoms with Gasteiger partial charge in [-0.15, -0.1) is 15.3 Å². The highest BCUT2D eigenvalue weighted by molar-refractivity contribution is 7.17. The summed E-state index contributed by atoms with van der Waals surface area (Å²) in [6.07, 6.45) is -0.115. The number of hydrogen-bond donors (Lipinski definition) is 3. The summed E-state index contributed by atoms with van der Waals surface area (Å²) in [6, 6.07) is 17.9. The highest BCUT2D eigenvalue weighted by Crippen LogP contribution is 2.35. The maximum Gasteiger partial charge on any atom is 0.296 e. The molecule has 6 rings (SSSR count). The fourth-order valence-corrected chi connectivity index (χ4v) is 5.02. The van der Waals surface area contributed by atoms with Crippen LogP contribution in [0.1, 0.15) is 23.6 Å². The summed E-state index contributed by atoms with van der Waals surface area (Å²) < 4.78 is 6.05. The molecule has 0 saturated carbocycles. The number of hydrogen-bond acceptors (Lipinski definition) is 10. The molecule has 0 radical (unpaired) electrons. The average molecular weight is 522 g/mol. The third-order valence-electron chi connectivity index (χ3n) is 5.41. The van der Waals surface area contributed by atoms with E-state index in [0.29, 0.717) is 20.5 Å². The summed E-state index contributed by atoms with van der Waals surface area (Å²) in [5.41, 5.74) is 3.77. The number of nitrogens with zero attached hydrogens (tertiary/aromatic N) is 4. The minimum atomic E-state index is -0.368. The molecule has 2 aliphatic carbocycles. The molecule has 12 heteroatoms. The molecular formula is C24H23N7O3S2. The number of carbonyl (C=O) groups excluding carboxylic acids is 2. The molecule has 3 aliphatic rings. The number of rotatable bonds is 8. The van der Waals surface area contributed by atoms with Gasteiger partial charge in [-0.1, -0.05) is 65.0 Å². The third-order valence-corrected chi connectivity index (χ3v) is 7.04. The van der Waals surface area contributed by atoms with Crippen LogP contribution in [0.4, 0.5) is 10.3 Å². The second kappa shape index (κ2) is 10.9. The zero-order chi connectivity index (χ0) is 24.9. The average Bonchev–Trinajstić information content (AvgIpc) is 3.19. The van der Waals surface area contributed by atoms with Crippen molar-refractivity contribution in [2.75, 3.05) is 23.7 Å². The Morgan fingerprint density at radius 3 is 2.31 bits per heavy atom. The van der Waals surface area contributed by atoms with E-state index in [1.807, 2.05) is 30.3 Å². The van der Waals surface area contributed by atoms with E-state index in [1.54, 1.807) is 0 Å². The molecule has 1 atom stereocenters. The van der Waals surface area contributed by atoms with Gasteiger partial charge >= 0.3 is 0 Å². The summed E-state index contributed by atoms with van der Waals surface area (Å²) in [5.74, 6) is -0.184.